The minimum atomic E-state index is -4.40. The number of quaternary nitrogens is 1. The molecular formula is C44H84N2O8P+. The third-order valence-electron chi connectivity index (χ3n) is 9.54. The Labute approximate surface area is 336 Å². The Hall–Kier alpha value is -1.62. The van der Waals surface area contributed by atoms with Crippen molar-refractivity contribution >= 4 is 13.7 Å². The van der Waals surface area contributed by atoms with E-state index in [0.29, 0.717) is 30.3 Å². The van der Waals surface area contributed by atoms with Crippen molar-refractivity contribution in [3.63, 3.8) is 0 Å². The van der Waals surface area contributed by atoms with Crippen LogP contribution in [0.15, 0.2) is 48.6 Å². The standard InChI is InChI=1S/C44H83N2O8P/c1-6-8-10-12-14-16-18-20-21-23-24-26-28-30-33-41(47)40(39-54-55(51,52)53-38-37-46(3,4)5)45-44(50)36-32-35-43(49)42(48)34-31-29-27-25-22-19-17-15-13-11-9-7-2/h9,11,15,17,22,25,29,31,40-43,47-49H,6-8,10,12-14,16,18-21,23-24,26-28,30,32-39H2,1-5H3,(H-,45,50,51,52)/p+1/b11-9-,17-15-,25-22-,31-29-/t40-,41+,42+,43+/m0/s1. The van der Waals surface area contributed by atoms with Crippen molar-refractivity contribution in [2.45, 2.75) is 186 Å². The summed E-state index contributed by atoms with van der Waals surface area (Å²) in [7, 11) is 1.43. The number of unbranched alkanes of at least 4 members (excludes halogenated alkanes) is 13. The molecule has 0 saturated carbocycles. The average molecular weight is 800 g/mol. The summed E-state index contributed by atoms with van der Waals surface area (Å²) < 4.78 is 23.5. The number of rotatable bonds is 38. The van der Waals surface area contributed by atoms with Crippen molar-refractivity contribution in [3.8, 4) is 0 Å². The van der Waals surface area contributed by atoms with Crippen molar-refractivity contribution in [2.75, 3.05) is 40.9 Å². The zero-order chi connectivity index (χ0) is 41.0. The highest BCUT2D eigenvalue weighted by Gasteiger charge is 2.28. The Morgan fingerprint density at radius 1 is 0.636 bits per heavy atom. The number of phosphoric ester groups is 1. The molecular weight excluding hydrogens is 715 g/mol. The number of nitrogens with zero attached hydrogens (tertiary/aromatic N) is 1. The number of hydrogen-bond donors (Lipinski definition) is 5. The minimum absolute atomic E-state index is 0.0202. The van der Waals surface area contributed by atoms with Crippen molar-refractivity contribution < 1.29 is 43.1 Å². The lowest BCUT2D eigenvalue weighted by Crippen LogP contribution is -2.46. The lowest BCUT2D eigenvalue weighted by Gasteiger charge is -2.26. The second kappa shape index (κ2) is 35.5. The molecule has 1 amide bonds. The maximum Gasteiger partial charge on any atom is 0.472 e. The lowest BCUT2D eigenvalue weighted by molar-refractivity contribution is -0.870. The van der Waals surface area contributed by atoms with E-state index in [2.05, 4.69) is 55.6 Å². The minimum Gasteiger partial charge on any atom is -0.391 e. The molecule has 0 aliphatic heterocycles. The molecule has 0 saturated heterocycles. The number of aliphatic hydroxyl groups excluding tert-OH is 3. The summed E-state index contributed by atoms with van der Waals surface area (Å²) in [6, 6.07) is -0.898. The van der Waals surface area contributed by atoms with Gasteiger partial charge in [0.2, 0.25) is 5.91 Å². The van der Waals surface area contributed by atoms with Crippen molar-refractivity contribution in [3.05, 3.63) is 48.6 Å². The van der Waals surface area contributed by atoms with Gasteiger partial charge >= 0.3 is 7.82 Å². The molecule has 0 aromatic rings. The van der Waals surface area contributed by atoms with Gasteiger partial charge in [-0.25, -0.2) is 4.57 Å². The first-order chi connectivity index (χ1) is 26.3. The van der Waals surface area contributed by atoms with Crippen LogP contribution in [0.3, 0.4) is 0 Å². The summed E-state index contributed by atoms with van der Waals surface area (Å²) in [5.41, 5.74) is 0. The van der Waals surface area contributed by atoms with Crippen LogP contribution in [0.25, 0.3) is 0 Å². The van der Waals surface area contributed by atoms with E-state index in [-0.39, 0.29) is 32.0 Å². The third-order valence-corrected chi connectivity index (χ3v) is 10.5. The smallest absolute Gasteiger partial charge is 0.391 e. The van der Waals surface area contributed by atoms with Crippen LogP contribution in [0, 0.1) is 0 Å². The summed E-state index contributed by atoms with van der Waals surface area (Å²) in [6.45, 7) is 4.51. The fraction of sp³-hybridized carbons (Fsp3) is 0.795. The number of phosphoric acid groups is 1. The Morgan fingerprint density at radius 3 is 1.62 bits per heavy atom. The molecule has 0 radical (unpaired) electrons. The van der Waals surface area contributed by atoms with E-state index in [1.807, 2.05) is 33.3 Å². The summed E-state index contributed by atoms with van der Waals surface area (Å²) in [5.74, 6) is -0.368. The van der Waals surface area contributed by atoms with Crippen LogP contribution in [0.5, 0.6) is 0 Å². The van der Waals surface area contributed by atoms with Crippen molar-refractivity contribution in [1.29, 1.82) is 0 Å². The first-order valence-corrected chi connectivity index (χ1v) is 23.2. The molecule has 0 aromatic carbocycles. The van der Waals surface area contributed by atoms with E-state index in [1.54, 1.807) is 0 Å². The molecule has 0 rings (SSSR count). The number of likely N-dealkylation sites (N-methyl/N-ethyl adjacent to an activating group) is 1. The van der Waals surface area contributed by atoms with Crippen LogP contribution < -0.4 is 5.32 Å². The first-order valence-electron chi connectivity index (χ1n) is 21.7. The molecule has 0 aliphatic carbocycles. The monoisotopic (exact) mass is 800 g/mol. The quantitative estimate of drug-likeness (QED) is 0.0180. The highest BCUT2D eigenvalue weighted by atomic mass is 31.2. The van der Waals surface area contributed by atoms with Gasteiger partial charge < -0.3 is 30.0 Å². The highest BCUT2D eigenvalue weighted by molar-refractivity contribution is 7.47. The lowest BCUT2D eigenvalue weighted by atomic mass is 10.0. The van der Waals surface area contributed by atoms with E-state index in [4.69, 9.17) is 9.05 Å². The molecule has 0 bridgehead atoms. The van der Waals surface area contributed by atoms with Crippen LogP contribution >= 0.6 is 7.82 Å². The van der Waals surface area contributed by atoms with Gasteiger partial charge in [-0.15, -0.1) is 0 Å². The molecule has 5 atom stereocenters. The molecule has 0 heterocycles. The van der Waals surface area contributed by atoms with Crippen LogP contribution in [0.2, 0.25) is 0 Å². The van der Waals surface area contributed by atoms with Gasteiger partial charge in [0.05, 0.1) is 52.1 Å². The number of carbonyl (C=O) groups excluding carboxylic acids is 1. The molecule has 5 N–H and O–H groups in total. The predicted octanol–water partition coefficient (Wildman–Crippen LogP) is 9.63. The number of aliphatic hydroxyl groups is 3. The molecule has 0 fully saturated rings. The number of allylic oxidation sites excluding steroid dienone is 7. The topological polar surface area (TPSA) is 146 Å². The maximum atomic E-state index is 12.9. The molecule has 11 heteroatoms. The van der Waals surface area contributed by atoms with Crippen LogP contribution in [-0.2, 0) is 18.4 Å². The van der Waals surface area contributed by atoms with Gasteiger partial charge in [0, 0.05) is 6.42 Å². The van der Waals surface area contributed by atoms with E-state index in [1.165, 1.54) is 64.2 Å². The number of carbonyl (C=O) groups is 1. The Bertz CT molecular complexity index is 1070. The molecule has 10 nitrogen and oxygen atoms in total. The van der Waals surface area contributed by atoms with Crippen LogP contribution in [0.4, 0.5) is 0 Å². The van der Waals surface area contributed by atoms with Crippen LogP contribution in [0.1, 0.15) is 162 Å². The predicted molar refractivity (Wildman–Crippen MR) is 229 cm³/mol. The maximum absolute atomic E-state index is 12.9. The SMILES string of the molecule is CC/C=C\C/C=C\C/C=C\C/C=C\C[C@@H](O)[C@H](O)CCCC(=O)N[C@@H](COP(=O)(O)OCC[N+](C)(C)C)[C@H](O)CCCCCCCCCCCCCCCC. The molecule has 0 spiro atoms. The second-order valence-electron chi connectivity index (χ2n) is 16.0. The normalized spacial score (nSPS) is 16.0. The van der Waals surface area contributed by atoms with E-state index >= 15 is 0 Å². The zero-order valence-electron chi connectivity index (χ0n) is 35.6. The summed E-state index contributed by atoms with van der Waals surface area (Å²) >= 11 is 0. The third kappa shape index (κ3) is 36.5. The van der Waals surface area contributed by atoms with Crippen LogP contribution in [-0.4, -0.2) is 95.9 Å². The zero-order valence-corrected chi connectivity index (χ0v) is 36.5. The molecule has 1 unspecified atom stereocenters. The van der Waals surface area contributed by atoms with Gasteiger partial charge in [-0.05, 0) is 51.4 Å². The molecule has 322 valence electrons. The number of amides is 1. The highest BCUT2D eigenvalue weighted by Crippen LogP contribution is 2.43. The Balaban J connectivity index is 4.67. The largest absolute Gasteiger partial charge is 0.472 e. The van der Waals surface area contributed by atoms with Gasteiger partial charge in [0.25, 0.3) is 0 Å². The fourth-order valence-corrected chi connectivity index (χ4v) is 6.69. The summed E-state index contributed by atoms with van der Waals surface area (Å²) in [5, 5.41) is 34.6. The van der Waals surface area contributed by atoms with Gasteiger partial charge in [0.1, 0.15) is 13.2 Å². The van der Waals surface area contributed by atoms with E-state index in [0.717, 1.165) is 51.4 Å². The Morgan fingerprint density at radius 2 is 1.11 bits per heavy atom. The number of nitrogens with one attached hydrogen (secondary N) is 1. The molecule has 55 heavy (non-hydrogen) atoms. The van der Waals surface area contributed by atoms with Gasteiger partial charge in [0.15, 0.2) is 0 Å². The molecule has 0 aromatic heterocycles. The summed E-state index contributed by atoms with van der Waals surface area (Å²) in [6.07, 6.45) is 35.8. The van der Waals surface area contributed by atoms with E-state index in [9.17, 15) is 29.6 Å². The van der Waals surface area contributed by atoms with Gasteiger partial charge in [-0.3, -0.25) is 13.8 Å². The van der Waals surface area contributed by atoms with Crippen molar-refractivity contribution in [1.82, 2.24) is 5.32 Å². The Kier molecular flexibility index (Phi) is 34.5. The second-order valence-corrected chi connectivity index (χ2v) is 17.5. The van der Waals surface area contributed by atoms with Gasteiger partial charge in [-0.1, -0.05) is 152 Å². The average Bonchev–Trinajstić information content (AvgIpc) is 3.13. The van der Waals surface area contributed by atoms with E-state index < -0.39 is 32.2 Å². The molecule has 0 aliphatic rings. The number of hydrogen-bond acceptors (Lipinski definition) is 7. The van der Waals surface area contributed by atoms with Crippen molar-refractivity contribution in [2.24, 2.45) is 0 Å². The fourth-order valence-electron chi connectivity index (χ4n) is 5.96. The summed E-state index contributed by atoms with van der Waals surface area (Å²) in [4.78, 5) is 23.2. The van der Waals surface area contributed by atoms with Gasteiger partial charge in [-0.2, -0.15) is 0 Å². The first kappa shape index (κ1) is 53.4.